The molecule has 1 aliphatic rings. The van der Waals surface area contributed by atoms with E-state index < -0.39 is 11.5 Å². The minimum atomic E-state index is -1.09. The molecule has 0 spiro atoms. The first kappa shape index (κ1) is 13.4. The Bertz CT molecular complexity index is 229. The SMILES string of the molecule is COCC(C)(NCC1COCCO1)C(=O)O. The predicted octanol–water partition coefficient (Wildman–Crippen LogP) is -0.519. The molecule has 2 atom stereocenters. The Morgan fingerprint density at radius 1 is 1.62 bits per heavy atom. The summed E-state index contributed by atoms with van der Waals surface area (Å²) in [6.07, 6.45) is -0.0933. The van der Waals surface area contributed by atoms with Crippen LogP contribution in [0, 0.1) is 0 Å². The van der Waals surface area contributed by atoms with Crippen LogP contribution in [0.5, 0.6) is 0 Å². The van der Waals surface area contributed by atoms with Crippen LogP contribution in [-0.2, 0) is 19.0 Å². The standard InChI is InChI=1S/C10H19NO5/c1-10(7-14-2,9(12)13)11-5-8-6-15-3-4-16-8/h8,11H,3-7H2,1-2H3,(H,12,13). The number of hydrogen-bond acceptors (Lipinski definition) is 5. The van der Waals surface area contributed by atoms with Crippen molar-refractivity contribution in [3.63, 3.8) is 0 Å². The number of hydrogen-bond donors (Lipinski definition) is 2. The van der Waals surface area contributed by atoms with Crippen LogP contribution in [0.4, 0.5) is 0 Å². The molecule has 0 radical (unpaired) electrons. The molecule has 0 aliphatic carbocycles. The van der Waals surface area contributed by atoms with Gasteiger partial charge in [0, 0.05) is 13.7 Å². The average molecular weight is 233 g/mol. The molecule has 0 aromatic heterocycles. The van der Waals surface area contributed by atoms with E-state index in [0.717, 1.165) is 0 Å². The highest BCUT2D eigenvalue weighted by atomic mass is 16.6. The molecule has 1 rings (SSSR count). The van der Waals surface area contributed by atoms with E-state index in [-0.39, 0.29) is 12.7 Å². The van der Waals surface area contributed by atoms with E-state index in [0.29, 0.717) is 26.4 Å². The van der Waals surface area contributed by atoms with Gasteiger partial charge in [-0.3, -0.25) is 10.1 Å². The topological polar surface area (TPSA) is 77.0 Å². The van der Waals surface area contributed by atoms with Crippen LogP contribution in [0.15, 0.2) is 0 Å². The van der Waals surface area contributed by atoms with Crippen molar-refractivity contribution in [2.24, 2.45) is 0 Å². The molecule has 0 aromatic rings. The van der Waals surface area contributed by atoms with E-state index in [4.69, 9.17) is 19.3 Å². The van der Waals surface area contributed by atoms with Crippen molar-refractivity contribution < 1.29 is 24.1 Å². The Labute approximate surface area is 94.9 Å². The number of methoxy groups -OCH3 is 1. The largest absolute Gasteiger partial charge is 0.480 e. The highest BCUT2D eigenvalue weighted by Gasteiger charge is 2.33. The molecule has 1 aliphatic heterocycles. The van der Waals surface area contributed by atoms with Gasteiger partial charge in [-0.15, -0.1) is 0 Å². The molecule has 0 aromatic carbocycles. The molecule has 6 heteroatoms. The van der Waals surface area contributed by atoms with Gasteiger partial charge in [-0.25, -0.2) is 0 Å². The third-order valence-electron chi connectivity index (χ3n) is 2.51. The summed E-state index contributed by atoms with van der Waals surface area (Å²) in [5.41, 5.74) is -1.09. The summed E-state index contributed by atoms with van der Waals surface area (Å²) in [5, 5.41) is 12.0. The maximum atomic E-state index is 11.1. The number of carbonyl (C=O) groups is 1. The lowest BCUT2D eigenvalue weighted by Gasteiger charge is -2.29. The fraction of sp³-hybridized carbons (Fsp3) is 0.900. The van der Waals surface area contributed by atoms with Crippen molar-refractivity contribution in [2.75, 3.05) is 40.1 Å². The summed E-state index contributed by atoms with van der Waals surface area (Å²) in [6, 6.07) is 0. The summed E-state index contributed by atoms with van der Waals surface area (Å²) in [4.78, 5) is 11.1. The van der Waals surface area contributed by atoms with E-state index in [1.54, 1.807) is 6.92 Å². The maximum Gasteiger partial charge on any atom is 0.326 e. The third-order valence-corrected chi connectivity index (χ3v) is 2.51. The summed E-state index contributed by atoms with van der Waals surface area (Å²) < 4.78 is 15.5. The quantitative estimate of drug-likeness (QED) is 0.643. The number of nitrogens with one attached hydrogen (secondary N) is 1. The minimum absolute atomic E-state index is 0.0933. The molecule has 16 heavy (non-hydrogen) atoms. The van der Waals surface area contributed by atoms with Crippen molar-refractivity contribution in [3.05, 3.63) is 0 Å². The second kappa shape index (κ2) is 6.15. The highest BCUT2D eigenvalue weighted by Crippen LogP contribution is 2.07. The molecule has 2 N–H and O–H groups in total. The van der Waals surface area contributed by atoms with Crippen LogP contribution in [0.3, 0.4) is 0 Å². The number of rotatable bonds is 6. The normalized spacial score (nSPS) is 25.0. The first-order valence-corrected chi connectivity index (χ1v) is 5.25. The van der Waals surface area contributed by atoms with Gasteiger partial charge in [-0.2, -0.15) is 0 Å². The lowest BCUT2D eigenvalue weighted by molar-refractivity contribution is -0.147. The number of carboxylic acid groups (broad SMARTS) is 1. The van der Waals surface area contributed by atoms with Crippen molar-refractivity contribution in [1.82, 2.24) is 5.32 Å². The molecule has 94 valence electrons. The molecule has 1 fully saturated rings. The van der Waals surface area contributed by atoms with Crippen molar-refractivity contribution >= 4 is 5.97 Å². The van der Waals surface area contributed by atoms with Crippen LogP contribution >= 0.6 is 0 Å². The fourth-order valence-corrected chi connectivity index (χ4v) is 1.47. The van der Waals surface area contributed by atoms with Crippen LogP contribution in [0.1, 0.15) is 6.92 Å². The van der Waals surface area contributed by atoms with Crippen molar-refractivity contribution in [1.29, 1.82) is 0 Å². The number of ether oxygens (including phenoxy) is 3. The second-order valence-electron chi connectivity index (χ2n) is 4.02. The van der Waals surface area contributed by atoms with Crippen molar-refractivity contribution in [3.8, 4) is 0 Å². The molecule has 2 unspecified atom stereocenters. The summed E-state index contributed by atoms with van der Waals surface area (Å²) >= 11 is 0. The van der Waals surface area contributed by atoms with Gasteiger partial charge in [-0.1, -0.05) is 0 Å². The third kappa shape index (κ3) is 3.71. The average Bonchev–Trinajstić information content (AvgIpc) is 2.28. The van der Waals surface area contributed by atoms with Crippen molar-refractivity contribution in [2.45, 2.75) is 18.6 Å². The zero-order valence-electron chi connectivity index (χ0n) is 9.69. The van der Waals surface area contributed by atoms with Gasteiger partial charge in [0.25, 0.3) is 0 Å². The van der Waals surface area contributed by atoms with Gasteiger partial charge in [0.05, 0.1) is 32.5 Å². The van der Waals surface area contributed by atoms with Gasteiger partial charge >= 0.3 is 5.97 Å². The summed E-state index contributed by atoms with van der Waals surface area (Å²) in [7, 11) is 1.48. The Hall–Kier alpha value is -0.690. The molecule has 1 heterocycles. The Morgan fingerprint density at radius 2 is 2.38 bits per heavy atom. The molecule has 0 saturated carbocycles. The zero-order valence-corrected chi connectivity index (χ0v) is 9.69. The molecular weight excluding hydrogens is 214 g/mol. The van der Waals surface area contributed by atoms with Gasteiger partial charge in [0.15, 0.2) is 0 Å². The summed E-state index contributed by atoms with van der Waals surface area (Å²) in [5.74, 6) is -0.939. The van der Waals surface area contributed by atoms with Gasteiger partial charge in [0.2, 0.25) is 0 Å². The number of carboxylic acids is 1. The van der Waals surface area contributed by atoms with E-state index in [1.165, 1.54) is 7.11 Å². The van der Waals surface area contributed by atoms with Crippen LogP contribution < -0.4 is 5.32 Å². The van der Waals surface area contributed by atoms with Crippen LogP contribution in [-0.4, -0.2) is 62.8 Å². The highest BCUT2D eigenvalue weighted by molar-refractivity contribution is 5.78. The molecular formula is C10H19NO5. The lowest BCUT2D eigenvalue weighted by atomic mass is 10.0. The molecule has 0 amide bonds. The predicted molar refractivity (Wildman–Crippen MR) is 56.5 cm³/mol. The fourth-order valence-electron chi connectivity index (χ4n) is 1.47. The van der Waals surface area contributed by atoms with Gasteiger partial charge in [0.1, 0.15) is 5.54 Å². The van der Waals surface area contributed by atoms with E-state index in [2.05, 4.69) is 5.32 Å². The van der Waals surface area contributed by atoms with Crippen LogP contribution in [0.2, 0.25) is 0 Å². The Balaban J connectivity index is 2.39. The molecule has 1 saturated heterocycles. The van der Waals surface area contributed by atoms with E-state index >= 15 is 0 Å². The Morgan fingerprint density at radius 3 is 2.88 bits per heavy atom. The first-order chi connectivity index (χ1) is 7.58. The van der Waals surface area contributed by atoms with E-state index in [1.807, 2.05) is 0 Å². The molecule has 0 bridgehead atoms. The lowest BCUT2D eigenvalue weighted by Crippen LogP contribution is -2.56. The van der Waals surface area contributed by atoms with Gasteiger partial charge in [-0.05, 0) is 6.92 Å². The number of aliphatic carboxylic acids is 1. The monoisotopic (exact) mass is 233 g/mol. The Kier molecular flexibility index (Phi) is 5.14. The molecule has 6 nitrogen and oxygen atoms in total. The maximum absolute atomic E-state index is 11.1. The van der Waals surface area contributed by atoms with Gasteiger partial charge < -0.3 is 19.3 Å². The summed E-state index contributed by atoms with van der Waals surface area (Å²) in [6.45, 7) is 3.78. The van der Waals surface area contributed by atoms with E-state index in [9.17, 15) is 4.79 Å². The first-order valence-electron chi connectivity index (χ1n) is 5.25. The minimum Gasteiger partial charge on any atom is -0.480 e. The van der Waals surface area contributed by atoms with Crippen LogP contribution in [0.25, 0.3) is 0 Å². The smallest absolute Gasteiger partial charge is 0.326 e. The zero-order chi connectivity index (χ0) is 12.0. The second-order valence-corrected chi connectivity index (χ2v) is 4.02.